The van der Waals surface area contributed by atoms with Crippen molar-refractivity contribution in [1.29, 1.82) is 0 Å². The predicted octanol–water partition coefficient (Wildman–Crippen LogP) is 3.71. The maximum Gasteiger partial charge on any atom is 0.127 e. The van der Waals surface area contributed by atoms with Crippen molar-refractivity contribution >= 4 is 0 Å². The SMILES string of the molecule is Cc1cc(C2C[C@H](O)c3cc(F)ccc3O2)cc(C)c1O. The van der Waals surface area contributed by atoms with Crippen molar-refractivity contribution < 1.29 is 19.3 Å². The number of hydrogen-bond donors (Lipinski definition) is 2. The minimum atomic E-state index is -0.760. The summed E-state index contributed by atoms with van der Waals surface area (Å²) >= 11 is 0. The smallest absolute Gasteiger partial charge is 0.127 e. The zero-order valence-corrected chi connectivity index (χ0v) is 11.9. The highest BCUT2D eigenvalue weighted by Gasteiger charge is 2.29. The van der Waals surface area contributed by atoms with Crippen LogP contribution < -0.4 is 4.74 Å². The Hall–Kier alpha value is -2.07. The standard InChI is InChI=1S/C17H17FO3/c1-9-5-11(6-10(2)17(9)20)16-8-14(19)13-7-12(18)3-4-15(13)21-16/h3-7,14,16,19-20H,8H2,1-2H3/t14-,16?/m0/s1. The summed E-state index contributed by atoms with van der Waals surface area (Å²) in [5.41, 5.74) is 2.93. The fourth-order valence-corrected chi connectivity index (χ4v) is 2.80. The van der Waals surface area contributed by atoms with Gasteiger partial charge in [0.1, 0.15) is 23.4 Å². The van der Waals surface area contributed by atoms with Crippen molar-refractivity contribution in [3.8, 4) is 11.5 Å². The van der Waals surface area contributed by atoms with Crippen LogP contribution in [-0.2, 0) is 0 Å². The van der Waals surface area contributed by atoms with Crippen molar-refractivity contribution in [1.82, 2.24) is 0 Å². The zero-order valence-electron chi connectivity index (χ0n) is 11.9. The molecule has 1 unspecified atom stereocenters. The lowest BCUT2D eigenvalue weighted by atomic mass is 9.93. The van der Waals surface area contributed by atoms with E-state index in [0.29, 0.717) is 17.7 Å². The molecule has 1 heterocycles. The summed E-state index contributed by atoms with van der Waals surface area (Å²) in [6.45, 7) is 3.66. The van der Waals surface area contributed by atoms with E-state index in [1.54, 1.807) is 6.07 Å². The van der Waals surface area contributed by atoms with E-state index in [0.717, 1.165) is 16.7 Å². The molecular weight excluding hydrogens is 271 g/mol. The van der Waals surface area contributed by atoms with Gasteiger partial charge in [-0.2, -0.15) is 0 Å². The topological polar surface area (TPSA) is 49.7 Å². The Balaban J connectivity index is 1.98. The minimum Gasteiger partial charge on any atom is -0.507 e. The number of ether oxygens (including phenoxy) is 1. The highest BCUT2D eigenvalue weighted by Crippen LogP contribution is 2.42. The number of aryl methyl sites for hydroxylation is 2. The molecule has 3 rings (SSSR count). The van der Waals surface area contributed by atoms with Gasteiger partial charge in [-0.3, -0.25) is 0 Å². The van der Waals surface area contributed by atoms with E-state index in [1.165, 1.54) is 12.1 Å². The first-order chi connectivity index (χ1) is 9.95. The van der Waals surface area contributed by atoms with Crippen molar-refractivity contribution in [2.24, 2.45) is 0 Å². The van der Waals surface area contributed by atoms with Crippen LogP contribution in [-0.4, -0.2) is 10.2 Å². The first-order valence-corrected chi connectivity index (χ1v) is 6.90. The van der Waals surface area contributed by atoms with Crippen molar-refractivity contribution in [2.45, 2.75) is 32.5 Å². The summed E-state index contributed by atoms with van der Waals surface area (Å²) in [5.74, 6) is 0.396. The quantitative estimate of drug-likeness (QED) is 0.841. The molecule has 0 radical (unpaired) electrons. The molecule has 2 aromatic rings. The summed E-state index contributed by atoms with van der Waals surface area (Å²) in [7, 11) is 0. The molecule has 110 valence electrons. The van der Waals surface area contributed by atoms with E-state index < -0.39 is 6.10 Å². The number of aromatic hydroxyl groups is 1. The minimum absolute atomic E-state index is 0.276. The van der Waals surface area contributed by atoms with E-state index in [-0.39, 0.29) is 17.7 Å². The van der Waals surface area contributed by atoms with Gasteiger partial charge >= 0.3 is 0 Å². The van der Waals surface area contributed by atoms with Gasteiger partial charge < -0.3 is 14.9 Å². The second-order valence-corrected chi connectivity index (χ2v) is 5.54. The van der Waals surface area contributed by atoms with E-state index >= 15 is 0 Å². The number of phenolic OH excluding ortho intramolecular Hbond substituents is 1. The molecular formula is C17H17FO3. The predicted molar refractivity (Wildman–Crippen MR) is 76.9 cm³/mol. The molecule has 0 fully saturated rings. The molecule has 0 aromatic heterocycles. The Kier molecular flexibility index (Phi) is 3.33. The normalized spacial score (nSPS) is 20.8. The number of hydrogen-bond acceptors (Lipinski definition) is 3. The molecule has 2 N–H and O–H groups in total. The number of aliphatic hydroxyl groups is 1. The maximum absolute atomic E-state index is 13.2. The molecule has 0 saturated carbocycles. The maximum atomic E-state index is 13.2. The van der Waals surface area contributed by atoms with Crippen LogP contribution in [0.4, 0.5) is 4.39 Å². The van der Waals surface area contributed by atoms with E-state index in [1.807, 2.05) is 26.0 Å². The number of aliphatic hydroxyl groups excluding tert-OH is 1. The van der Waals surface area contributed by atoms with Crippen LogP contribution in [0.15, 0.2) is 30.3 Å². The largest absolute Gasteiger partial charge is 0.507 e. The van der Waals surface area contributed by atoms with Crippen molar-refractivity contribution in [2.75, 3.05) is 0 Å². The molecule has 4 heteroatoms. The number of benzene rings is 2. The molecule has 1 aliphatic heterocycles. The fraction of sp³-hybridized carbons (Fsp3) is 0.294. The molecule has 0 amide bonds. The molecule has 0 bridgehead atoms. The van der Waals surface area contributed by atoms with Gasteiger partial charge in [-0.25, -0.2) is 4.39 Å². The van der Waals surface area contributed by atoms with Crippen LogP contribution in [0.25, 0.3) is 0 Å². The van der Waals surface area contributed by atoms with Crippen LogP contribution in [0, 0.1) is 19.7 Å². The fourth-order valence-electron chi connectivity index (χ4n) is 2.80. The van der Waals surface area contributed by atoms with Crippen LogP contribution in [0.3, 0.4) is 0 Å². The lowest BCUT2D eigenvalue weighted by Gasteiger charge is -2.30. The van der Waals surface area contributed by atoms with Crippen LogP contribution in [0.2, 0.25) is 0 Å². The van der Waals surface area contributed by atoms with Gasteiger partial charge in [0.05, 0.1) is 6.10 Å². The van der Waals surface area contributed by atoms with Crippen LogP contribution >= 0.6 is 0 Å². The number of phenols is 1. The third-order valence-corrected chi connectivity index (χ3v) is 3.92. The van der Waals surface area contributed by atoms with Crippen molar-refractivity contribution in [3.63, 3.8) is 0 Å². The molecule has 2 aromatic carbocycles. The Labute approximate surface area is 122 Å². The van der Waals surface area contributed by atoms with Gasteiger partial charge in [0, 0.05) is 12.0 Å². The first kappa shape index (κ1) is 13.9. The Morgan fingerprint density at radius 3 is 2.48 bits per heavy atom. The van der Waals surface area contributed by atoms with Crippen LogP contribution in [0.1, 0.15) is 40.9 Å². The van der Waals surface area contributed by atoms with E-state index in [9.17, 15) is 14.6 Å². The molecule has 0 spiro atoms. The lowest BCUT2D eigenvalue weighted by molar-refractivity contribution is 0.0652. The van der Waals surface area contributed by atoms with Gasteiger partial charge in [-0.05, 0) is 60.9 Å². The molecule has 1 aliphatic rings. The van der Waals surface area contributed by atoms with E-state index in [4.69, 9.17) is 4.74 Å². The molecule has 3 nitrogen and oxygen atoms in total. The average Bonchev–Trinajstić information content (AvgIpc) is 2.44. The summed E-state index contributed by atoms with van der Waals surface area (Å²) in [5, 5.41) is 20.1. The first-order valence-electron chi connectivity index (χ1n) is 6.90. The van der Waals surface area contributed by atoms with Gasteiger partial charge in [0.15, 0.2) is 0 Å². The Morgan fingerprint density at radius 1 is 1.14 bits per heavy atom. The second-order valence-electron chi connectivity index (χ2n) is 5.54. The third kappa shape index (κ3) is 2.47. The lowest BCUT2D eigenvalue weighted by Crippen LogP contribution is -2.19. The third-order valence-electron chi connectivity index (χ3n) is 3.92. The second kappa shape index (κ2) is 5.04. The molecule has 0 aliphatic carbocycles. The Morgan fingerprint density at radius 2 is 1.81 bits per heavy atom. The van der Waals surface area contributed by atoms with Gasteiger partial charge in [0.2, 0.25) is 0 Å². The highest BCUT2D eigenvalue weighted by molar-refractivity contribution is 5.44. The number of fused-ring (bicyclic) bond motifs is 1. The average molecular weight is 288 g/mol. The Bertz CT molecular complexity index is 673. The highest BCUT2D eigenvalue weighted by atomic mass is 19.1. The number of rotatable bonds is 1. The number of halogens is 1. The summed E-state index contributed by atoms with van der Waals surface area (Å²) < 4.78 is 19.1. The van der Waals surface area contributed by atoms with Gasteiger partial charge in [-0.1, -0.05) is 0 Å². The molecule has 21 heavy (non-hydrogen) atoms. The van der Waals surface area contributed by atoms with E-state index in [2.05, 4.69) is 0 Å². The zero-order chi connectivity index (χ0) is 15.1. The monoisotopic (exact) mass is 288 g/mol. The summed E-state index contributed by atoms with van der Waals surface area (Å²) in [6, 6.07) is 7.88. The van der Waals surface area contributed by atoms with Crippen LogP contribution in [0.5, 0.6) is 11.5 Å². The summed E-state index contributed by atoms with van der Waals surface area (Å²) in [6.07, 6.45) is -0.708. The van der Waals surface area contributed by atoms with Gasteiger partial charge in [-0.15, -0.1) is 0 Å². The molecule has 0 saturated heterocycles. The summed E-state index contributed by atoms with van der Waals surface area (Å²) in [4.78, 5) is 0. The van der Waals surface area contributed by atoms with Crippen molar-refractivity contribution in [3.05, 3.63) is 58.4 Å². The van der Waals surface area contributed by atoms with Gasteiger partial charge in [0.25, 0.3) is 0 Å². The molecule has 2 atom stereocenters.